The van der Waals surface area contributed by atoms with E-state index < -0.39 is 0 Å². The second kappa shape index (κ2) is 6.50. The highest BCUT2D eigenvalue weighted by Crippen LogP contribution is 2.31. The lowest BCUT2D eigenvalue weighted by molar-refractivity contribution is 0.318. The number of hydrogen-bond donors (Lipinski definition) is 2. The molecule has 0 aliphatic rings. The maximum Gasteiger partial charge on any atom is 0.170 e. The fourth-order valence-corrected chi connectivity index (χ4v) is 2.40. The Kier molecular flexibility index (Phi) is 4.70. The van der Waals surface area contributed by atoms with Gasteiger partial charge in [-0.1, -0.05) is 35.8 Å². The van der Waals surface area contributed by atoms with Gasteiger partial charge in [-0.3, -0.25) is 0 Å². The first-order valence-electron chi connectivity index (χ1n) is 6.67. The monoisotopic (exact) mass is 303 g/mol. The van der Waals surface area contributed by atoms with Crippen molar-refractivity contribution >= 4 is 28.8 Å². The van der Waals surface area contributed by atoms with Crippen molar-refractivity contribution in [1.29, 1.82) is 0 Å². The van der Waals surface area contributed by atoms with Crippen LogP contribution in [-0.2, 0) is 6.42 Å². The van der Waals surface area contributed by atoms with E-state index in [9.17, 15) is 0 Å². The topological polar surface area (TPSA) is 61.8 Å². The number of hydrogen-bond acceptors (Lipinski definition) is 3. The van der Waals surface area contributed by atoms with Gasteiger partial charge in [-0.25, -0.2) is 0 Å². The van der Waals surface area contributed by atoms with Crippen LogP contribution in [0.25, 0.3) is 0 Å². The van der Waals surface area contributed by atoms with E-state index in [1.807, 2.05) is 18.0 Å². The summed E-state index contributed by atoms with van der Waals surface area (Å²) in [7, 11) is 1.95. The summed E-state index contributed by atoms with van der Waals surface area (Å²) >= 11 is 6.30. The van der Waals surface area contributed by atoms with Crippen LogP contribution in [0.3, 0.4) is 0 Å². The summed E-state index contributed by atoms with van der Waals surface area (Å²) in [6, 6.07) is 13.6. The number of oxime groups is 1. The third kappa shape index (κ3) is 3.28. The van der Waals surface area contributed by atoms with Crippen molar-refractivity contribution in [2.75, 3.05) is 11.9 Å². The molecule has 3 N–H and O–H groups in total. The Balaban J connectivity index is 2.32. The smallest absolute Gasteiger partial charge is 0.170 e. The zero-order valence-corrected chi connectivity index (χ0v) is 12.8. The summed E-state index contributed by atoms with van der Waals surface area (Å²) in [4.78, 5) is 2.00. The van der Waals surface area contributed by atoms with Crippen LogP contribution in [0.1, 0.15) is 18.1 Å². The standard InChI is InChI=1S/C16H18ClN3O/c1-3-11-4-7-13(8-5-11)20(2)15-9-6-12(10-14(15)17)16(18)19-21/h4-10,21H,3H2,1-2H3,(H2,18,19). The molecule has 21 heavy (non-hydrogen) atoms. The van der Waals surface area contributed by atoms with E-state index in [2.05, 4.69) is 36.3 Å². The molecule has 0 saturated heterocycles. The van der Waals surface area contributed by atoms with Gasteiger partial charge in [-0.2, -0.15) is 0 Å². The number of nitrogens with two attached hydrogens (primary N) is 1. The van der Waals surface area contributed by atoms with Crippen molar-refractivity contribution in [1.82, 2.24) is 0 Å². The van der Waals surface area contributed by atoms with Crippen LogP contribution in [0, 0.1) is 0 Å². The van der Waals surface area contributed by atoms with Crippen molar-refractivity contribution in [2.45, 2.75) is 13.3 Å². The predicted molar refractivity (Wildman–Crippen MR) is 87.8 cm³/mol. The molecule has 0 aromatic heterocycles. The third-order valence-corrected chi connectivity index (χ3v) is 3.75. The van der Waals surface area contributed by atoms with Gasteiger partial charge < -0.3 is 15.8 Å². The minimum atomic E-state index is 0.0402. The lowest BCUT2D eigenvalue weighted by Crippen LogP contribution is -2.14. The van der Waals surface area contributed by atoms with Crippen LogP contribution >= 0.6 is 11.6 Å². The van der Waals surface area contributed by atoms with Crippen molar-refractivity contribution < 1.29 is 5.21 Å². The molecule has 0 bridgehead atoms. The molecular weight excluding hydrogens is 286 g/mol. The summed E-state index contributed by atoms with van der Waals surface area (Å²) in [6.45, 7) is 2.13. The maximum atomic E-state index is 8.69. The third-order valence-electron chi connectivity index (χ3n) is 3.44. The molecule has 0 radical (unpaired) electrons. The molecule has 0 fully saturated rings. The van der Waals surface area contributed by atoms with Crippen LogP contribution in [0.4, 0.5) is 11.4 Å². The molecule has 2 rings (SSSR count). The molecule has 0 amide bonds. The van der Waals surface area contributed by atoms with Gasteiger partial charge in [0.05, 0.1) is 10.7 Å². The number of nitrogens with zero attached hydrogens (tertiary/aromatic N) is 2. The molecule has 2 aromatic rings. The average molecular weight is 304 g/mol. The number of halogens is 1. The molecule has 4 nitrogen and oxygen atoms in total. The molecule has 0 atom stereocenters. The lowest BCUT2D eigenvalue weighted by Gasteiger charge is -2.21. The second-order valence-corrected chi connectivity index (χ2v) is 5.14. The Morgan fingerprint density at radius 1 is 1.24 bits per heavy atom. The highest BCUT2D eigenvalue weighted by molar-refractivity contribution is 6.33. The van der Waals surface area contributed by atoms with Crippen LogP contribution in [0.5, 0.6) is 0 Å². The van der Waals surface area contributed by atoms with Crippen LogP contribution < -0.4 is 10.6 Å². The molecule has 5 heteroatoms. The summed E-state index contributed by atoms with van der Waals surface area (Å²) in [5.41, 5.74) is 9.34. The normalized spacial score (nSPS) is 11.5. The first kappa shape index (κ1) is 15.2. The Labute approximate surface area is 129 Å². The number of anilines is 2. The molecule has 0 spiro atoms. The van der Waals surface area contributed by atoms with Gasteiger partial charge in [0.1, 0.15) is 0 Å². The zero-order valence-electron chi connectivity index (χ0n) is 12.0. The van der Waals surface area contributed by atoms with E-state index >= 15 is 0 Å². The molecule has 110 valence electrons. The fraction of sp³-hybridized carbons (Fsp3) is 0.188. The number of amidine groups is 1. The van der Waals surface area contributed by atoms with E-state index in [0.29, 0.717) is 10.6 Å². The second-order valence-electron chi connectivity index (χ2n) is 4.73. The molecule has 2 aromatic carbocycles. The molecule has 0 unspecified atom stereocenters. The van der Waals surface area contributed by atoms with Crippen molar-refractivity contribution in [2.24, 2.45) is 10.9 Å². The summed E-state index contributed by atoms with van der Waals surface area (Å²) in [5, 5.41) is 12.2. The van der Waals surface area contributed by atoms with Crippen LogP contribution in [-0.4, -0.2) is 18.1 Å². The van der Waals surface area contributed by atoms with Gasteiger partial charge >= 0.3 is 0 Å². The largest absolute Gasteiger partial charge is 0.409 e. The van der Waals surface area contributed by atoms with Gasteiger partial charge in [0.25, 0.3) is 0 Å². The van der Waals surface area contributed by atoms with Gasteiger partial charge in [0, 0.05) is 18.3 Å². The van der Waals surface area contributed by atoms with Gasteiger partial charge in [-0.15, -0.1) is 0 Å². The highest BCUT2D eigenvalue weighted by atomic mass is 35.5. The maximum absolute atomic E-state index is 8.69. The Bertz CT molecular complexity index is 653. The Morgan fingerprint density at radius 3 is 2.43 bits per heavy atom. The van der Waals surface area contributed by atoms with E-state index in [-0.39, 0.29) is 5.84 Å². The fourth-order valence-electron chi connectivity index (χ4n) is 2.09. The Hall–Kier alpha value is -2.20. The number of benzene rings is 2. The summed E-state index contributed by atoms with van der Waals surface area (Å²) < 4.78 is 0. The van der Waals surface area contributed by atoms with Gasteiger partial charge in [0.2, 0.25) is 0 Å². The van der Waals surface area contributed by atoms with E-state index in [1.165, 1.54) is 5.56 Å². The van der Waals surface area contributed by atoms with Crippen LogP contribution in [0.15, 0.2) is 47.6 Å². The molecule has 0 heterocycles. The average Bonchev–Trinajstić information content (AvgIpc) is 2.53. The minimum absolute atomic E-state index is 0.0402. The lowest BCUT2D eigenvalue weighted by atomic mass is 10.1. The minimum Gasteiger partial charge on any atom is -0.409 e. The van der Waals surface area contributed by atoms with E-state index in [1.54, 1.807) is 12.1 Å². The van der Waals surface area contributed by atoms with E-state index in [4.69, 9.17) is 22.5 Å². The zero-order chi connectivity index (χ0) is 15.4. The summed E-state index contributed by atoms with van der Waals surface area (Å²) in [5.74, 6) is 0.0402. The quantitative estimate of drug-likeness (QED) is 0.391. The van der Waals surface area contributed by atoms with Crippen molar-refractivity contribution in [3.63, 3.8) is 0 Å². The Morgan fingerprint density at radius 2 is 1.90 bits per heavy atom. The SMILES string of the molecule is CCc1ccc(N(C)c2ccc(C(N)=NO)cc2Cl)cc1. The van der Waals surface area contributed by atoms with Gasteiger partial charge in [-0.05, 0) is 42.3 Å². The first-order chi connectivity index (χ1) is 10.1. The number of aryl methyl sites for hydroxylation is 1. The molecule has 0 saturated carbocycles. The molecule has 0 aliphatic carbocycles. The predicted octanol–water partition coefficient (Wildman–Crippen LogP) is 3.76. The number of rotatable bonds is 4. The van der Waals surface area contributed by atoms with Crippen molar-refractivity contribution in [3.05, 3.63) is 58.6 Å². The van der Waals surface area contributed by atoms with Crippen molar-refractivity contribution in [3.8, 4) is 0 Å². The molecular formula is C16H18ClN3O. The first-order valence-corrected chi connectivity index (χ1v) is 7.04. The summed E-state index contributed by atoms with van der Waals surface area (Å²) in [6.07, 6.45) is 1.01. The highest BCUT2D eigenvalue weighted by Gasteiger charge is 2.10. The van der Waals surface area contributed by atoms with Gasteiger partial charge in [0.15, 0.2) is 5.84 Å². The van der Waals surface area contributed by atoms with Crippen LogP contribution in [0.2, 0.25) is 5.02 Å². The molecule has 0 aliphatic heterocycles. The van der Waals surface area contributed by atoms with E-state index in [0.717, 1.165) is 17.8 Å².